The Morgan fingerprint density at radius 3 is 2.41 bits per heavy atom. The van der Waals surface area contributed by atoms with Gasteiger partial charge in [0.05, 0.1) is 6.61 Å². The number of benzene rings is 2. The maximum absolute atomic E-state index is 11.8. The van der Waals surface area contributed by atoms with Gasteiger partial charge in [0.1, 0.15) is 0 Å². The average Bonchev–Trinajstić information content (AvgIpc) is 3.09. The van der Waals surface area contributed by atoms with Crippen molar-refractivity contribution < 1.29 is 42.2 Å². The molecule has 0 spiro atoms. The van der Waals surface area contributed by atoms with Crippen molar-refractivity contribution in [3.05, 3.63) is 77.2 Å². The van der Waals surface area contributed by atoms with Crippen LogP contribution < -0.4 is 0 Å². The molecular weight excluding hydrogens is 429 g/mol. The van der Waals surface area contributed by atoms with Crippen LogP contribution in [0.15, 0.2) is 60.7 Å². The number of esters is 1. The van der Waals surface area contributed by atoms with Crippen LogP contribution in [0, 0.1) is 13.0 Å². The first kappa shape index (κ1) is 21.8. The zero-order chi connectivity index (χ0) is 18.5. The van der Waals surface area contributed by atoms with Gasteiger partial charge in [0.25, 0.3) is 0 Å². The molecule has 0 saturated heterocycles. The predicted octanol–water partition coefficient (Wildman–Crippen LogP) is 6.15. The van der Waals surface area contributed by atoms with Crippen LogP contribution >= 0.6 is 11.3 Å². The van der Waals surface area contributed by atoms with Crippen molar-refractivity contribution >= 4 is 22.9 Å². The Kier molecular flexibility index (Phi) is 8.15. The van der Waals surface area contributed by atoms with Gasteiger partial charge in [-0.05, 0) is 43.5 Å². The van der Waals surface area contributed by atoms with E-state index in [0.717, 1.165) is 16.0 Å². The topological polar surface area (TPSA) is 26.3 Å². The monoisotopic (exact) mass is 450 g/mol. The van der Waals surface area contributed by atoms with Gasteiger partial charge in [-0.1, -0.05) is 29.8 Å². The number of ether oxygens (including phenoxy) is 1. The Hall–Kier alpha value is -1.55. The van der Waals surface area contributed by atoms with Crippen LogP contribution in [0.4, 0.5) is 0 Å². The van der Waals surface area contributed by atoms with Crippen molar-refractivity contribution in [1.29, 1.82) is 0 Å². The molecule has 0 aliphatic carbocycles. The number of thiophene rings is 1. The molecule has 0 aliphatic rings. The van der Waals surface area contributed by atoms with Gasteiger partial charge in [0.15, 0.2) is 0 Å². The van der Waals surface area contributed by atoms with E-state index in [1.165, 1.54) is 21.6 Å². The summed E-state index contributed by atoms with van der Waals surface area (Å²) in [7, 11) is 0. The fourth-order valence-corrected chi connectivity index (χ4v) is 3.87. The Bertz CT molecular complexity index is 925. The summed E-state index contributed by atoms with van der Waals surface area (Å²) in [5, 5.41) is 0. The molecule has 0 bridgehead atoms. The molecule has 2 aromatic carbocycles. The fraction of sp³-hybridized carbons (Fsp3) is 0.174. The summed E-state index contributed by atoms with van der Waals surface area (Å²) < 4.78 is 5.04. The first-order chi connectivity index (χ1) is 12.6. The summed E-state index contributed by atoms with van der Waals surface area (Å²) in [6.45, 7) is 6.23. The molecule has 1 radical (unpaired) electrons. The minimum atomic E-state index is -0.300. The summed E-state index contributed by atoms with van der Waals surface area (Å²) in [4.78, 5) is 14.1. The Balaban J connectivity index is 0.00000261. The molecular formula is C23H21O2SY-. The number of hydrogen-bond donors (Lipinski definition) is 0. The third kappa shape index (κ3) is 5.48. The van der Waals surface area contributed by atoms with E-state index in [4.69, 9.17) is 4.74 Å². The second kappa shape index (κ2) is 10.1. The van der Waals surface area contributed by atoms with Crippen LogP contribution in [0.1, 0.15) is 24.3 Å². The molecule has 135 valence electrons. The maximum Gasteiger partial charge on any atom is 0.331 e. The molecule has 0 atom stereocenters. The van der Waals surface area contributed by atoms with Crippen LogP contribution in [-0.4, -0.2) is 12.6 Å². The largest absolute Gasteiger partial charge is 0.463 e. The van der Waals surface area contributed by atoms with E-state index in [9.17, 15) is 4.79 Å². The third-order valence-corrected chi connectivity index (χ3v) is 5.40. The smallest absolute Gasteiger partial charge is 0.331 e. The van der Waals surface area contributed by atoms with Crippen molar-refractivity contribution in [2.24, 2.45) is 0 Å². The minimum absolute atomic E-state index is 0. The van der Waals surface area contributed by atoms with Crippen LogP contribution in [0.25, 0.3) is 27.1 Å². The summed E-state index contributed by atoms with van der Waals surface area (Å²) in [6, 6.07) is 21.7. The van der Waals surface area contributed by atoms with Crippen LogP contribution in [0.3, 0.4) is 0 Å². The number of carbonyl (C=O) groups is 1. The molecule has 1 heterocycles. The maximum atomic E-state index is 11.8. The molecule has 0 aliphatic heterocycles. The molecule has 0 saturated carbocycles. The molecule has 27 heavy (non-hydrogen) atoms. The quantitative estimate of drug-likeness (QED) is 0.265. The van der Waals surface area contributed by atoms with E-state index in [0.29, 0.717) is 6.61 Å². The summed E-state index contributed by atoms with van der Waals surface area (Å²) in [6.07, 6.45) is 1.57. The first-order valence-corrected chi connectivity index (χ1v) is 9.43. The summed E-state index contributed by atoms with van der Waals surface area (Å²) >= 11 is 1.69. The van der Waals surface area contributed by atoms with E-state index < -0.39 is 0 Å². The Morgan fingerprint density at radius 2 is 1.78 bits per heavy atom. The molecule has 2 nitrogen and oxygen atoms in total. The Morgan fingerprint density at radius 1 is 1.11 bits per heavy atom. The summed E-state index contributed by atoms with van der Waals surface area (Å²) in [5.74, 6) is -0.300. The molecule has 0 amide bonds. The average molecular weight is 450 g/mol. The van der Waals surface area contributed by atoms with Crippen molar-refractivity contribution in [2.75, 3.05) is 6.61 Å². The predicted molar refractivity (Wildman–Crippen MR) is 109 cm³/mol. The van der Waals surface area contributed by atoms with Crippen LogP contribution in [0.5, 0.6) is 0 Å². The van der Waals surface area contributed by atoms with Gasteiger partial charge in [-0.3, -0.25) is 0 Å². The number of allylic oxidation sites excluding steroid dienone is 1. The fourth-order valence-electron chi connectivity index (χ4n) is 2.72. The second-order valence-electron chi connectivity index (χ2n) is 6.09. The molecule has 1 aromatic heterocycles. The standard InChI is InChI=1S/C23H21O2S.Y/c1-4-25-22(24)14-17(3)21-15-20(18-12-10-16(2)11-13-18)23(26-21)19-8-6-5-7-9-19;/h6-15H,4H2,1-3H3;/q-1;/b17-14+;. The first-order valence-electron chi connectivity index (χ1n) is 8.61. The zero-order valence-electron chi connectivity index (χ0n) is 15.8. The van der Waals surface area contributed by atoms with Crippen molar-refractivity contribution in [3.63, 3.8) is 0 Å². The Labute approximate surface area is 190 Å². The van der Waals surface area contributed by atoms with Gasteiger partial charge in [-0.2, -0.15) is 30.3 Å². The second-order valence-corrected chi connectivity index (χ2v) is 7.14. The molecule has 0 N–H and O–H groups in total. The molecule has 4 heteroatoms. The molecule has 3 rings (SSSR count). The van der Waals surface area contributed by atoms with E-state index >= 15 is 0 Å². The van der Waals surface area contributed by atoms with Gasteiger partial charge >= 0.3 is 5.97 Å². The van der Waals surface area contributed by atoms with Gasteiger partial charge < -0.3 is 4.74 Å². The van der Waals surface area contributed by atoms with E-state index in [1.807, 2.05) is 26.0 Å². The zero-order valence-corrected chi connectivity index (χ0v) is 19.4. The van der Waals surface area contributed by atoms with Gasteiger partial charge in [-0.25, -0.2) is 4.79 Å². The molecule has 0 fully saturated rings. The number of hydrogen-bond acceptors (Lipinski definition) is 3. The van der Waals surface area contributed by atoms with Gasteiger partial charge in [0, 0.05) is 48.5 Å². The van der Waals surface area contributed by atoms with E-state index in [2.05, 4.69) is 55.5 Å². The van der Waals surface area contributed by atoms with Crippen molar-refractivity contribution in [3.8, 4) is 21.6 Å². The van der Waals surface area contributed by atoms with Crippen LogP contribution in [0.2, 0.25) is 0 Å². The van der Waals surface area contributed by atoms with E-state index in [-0.39, 0.29) is 38.7 Å². The SMILES string of the molecule is CCOC(=O)/C=C(\C)c1cc(-c2ccc(C)cc2)c(-c2cc[c-]cc2)s1.[Y]. The third-order valence-electron chi connectivity index (χ3n) is 4.08. The normalized spacial score (nSPS) is 11.0. The van der Waals surface area contributed by atoms with Crippen LogP contribution in [-0.2, 0) is 42.2 Å². The van der Waals surface area contributed by atoms with Crippen molar-refractivity contribution in [2.45, 2.75) is 20.8 Å². The van der Waals surface area contributed by atoms with E-state index in [1.54, 1.807) is 17.4 Å². The minimum Gasteiger partial charge on any atom is -0.463 e. The number of carbonyl (C=O) groups excluding carboxylic acids is 1. The number of aryl methyl sites for hydroxylation is 1. The number of rotatable bonds is 5. The summed E-state index contributed by atoms with van der Waals surface area (Å²) in [5.41, 5.74) is 5.64. The molecule has 3 aromatic rings. The van der Waals surface area contributed by atoms with Gasteiger partial charge in [-0.15, -0.1) is 16.9 Å². The van der Waals surface area contributed by atoms with Crippen molar-refractivity contribution in [1.82, 2.24) is 0 Å². The molecule has 0 unspecified atom stereocenters. The van der Waals surface area contributed by atoms with Gasteiger partial charge in [0.2, 0.25) is 0 Å².